The maximum absolute atomic E-state index is 3.60. The number of hydrogen-bond acceptors (Lipinski definition) is 0. The Bertz CT molecular complexity index is 1170. The average Bonchev–Trinajstić information content (AvgIpc) is 2.90. The van der Waals surface area contributed by atoms with Crippen molar-refractivity contribution in [3.05, 3.63) is 153 Å². The molecule has 0 heterocycles. The third-order valence-corrected chi connectivity index (χ3v) is 12.1. The Kier molecular flexibility index (Phi) is 8.73. The Morgan fingerprint density at radius 2 is 0.529 bits per heavy atom. The average molecular weight is 651 g/mol. The van der Waals surface area contributed by atoms with E-state index in [1.165, 1.54) is 20.7 Å². The minimum atomic E-state index is -2.34. The molecule has 0 aromatic heterocycles. The molecule has 0 fully saturated rings. The lowest BCUT2D eigenvalue weighted by atomic mass is 10.3. The molecule has 0 amide bonds. The molecule has 0 N–H and O–H groups in total. The van der Waals surface area contributed by atoms with Gasteiger partial charge in [-0.25, -0.2) is 0 Å². The summed E-state index contributed by atoms with van der Waals surface area (Å²) in [6, 6.07) is 49.8. The minimum Gasteiger partial charge on any atom is -0.0623 e. The highest BCUT2D eigenvalue weighted by molar-refractivity contribution is 9.11. The van der Waals surface area contributed by atoms with E-state index in [-0.39, 0.29) is 0 Å². The van der Waals surface area contributed by atoms with E-state index in [0.29, 0.717) is 0 Å². The Hall–Kier alpha value is -2.24. The molecule has 0 saturated carbocycles. The zero-order valence-electron chi connectivity index (χ0n) is 18.4. The van der Waals surface area contributed by atoms with Gasteiger partial charge in [-0.05, 0) is 57.1 Å². The van der Waals surface area contributed by atoms with Crippen molar-refractivity contribution in [1.82, 2.24) is 0 Å². The van der Waals surface area contributed by atoms with Crippen molar-refractivity contribution in [3.8, 4) is 0 Å². The van der Waals surface area contributed by atoms with Crippen LogP contribution in [0.25, 0.3) is 0 Å². The lowest BCUT2D eigenvalue weighted by molar-refractivity contribution is 1.61. The molecule has 0 atom stereocenters. The summed E-state index contributed by atoms with van der Waals surface area (Å²) >= 11 is 10.2. The Balaban J connectivity index is 0.000000291. The van der Waals surface area contributed by atoms with Gasteiger partial charge in [-0.1, -0.05) is 151 Å². The fourth-order valence-corrected chi connectivity index (χ4v) is 9.73. The van der Waals surface area contributed by atoms with E-state index in [1.54, 1.807) is 0 Å². The molecule has 0 unspecified atom stereocenters. The highest BCUT2D eigenvalue weighted by Gasteiger charge is 2.40. The van der Waals surface area contributed by atoms with Crippen LogP contribution in [-0.2, 0) is 0 Å². The van der Waals surface area contributed by atoms with Crippen LogP contribution in [0.2, 0.25) is 0 Å². The molecule has 0 nitrogen and oxygen atoms in total. The van der Waals surface area contributed by atoms with E-state index in [0.717, 1.165) is 13.4 Å². The first-order valence-corrected chi connectivity index (χ1v) is 15.3. The second-order valence-electron chi connectivity index (χ2n) is 7.79. The molecule has 4 heteroatoms. The molecule has 0 aliphatic heterocycles. The van der Waals surface area contributed by atoms with Gasteiger partial charge in [0.2, 0.25) is 0 Å². The molecular formula is C30H23Br3Si. The molecule has 5 rings (SSSR count). The molecule has 5 aromatic carbocycles. The second-order valence-corrected chi connectivity index (χ2v) is 14.3. The molecule has 0 radical (unpaired) electrons. The minimum absolute atomic E-state index is 1.11. The standard InChI is InChI=1S/C24H19BrSi.C6H4Br2/c25-20-16-18-24(19-17-20)26(21-10-4-1-5-11-21,22-12-6-2-7-13-22)23-14-8-3-9-15-23;7-5-1-2-6(8)4-3-5/h1-19H;1-4H. The number of halogens is 3. The zero-order chi connectivity index (χ0) is 23.8. The van der Waals surface area contributed by atoms with Gasteiger partial charge in [-0.15, -0.1) is 0 Å². The van der Waals surface area contributed by atoms with E-state index >= 15 is 0 Å². The molecule has 0 spiro atoms. The van der Waals surface area contributed by atoms with Gasteiger partial charge in [0.25, 0.3) is 0 Å². The van der Waals surface area contributed by atoms with Crippen molar-refractivity contribution in [1.29, 1.82) is 0 Å². The van der Waals surface area contributed by atoms with Crippen molar-refractivity contribution in [2.45, 2.75) is 0 Å². The van der Waals surface area contributed by atoms with Gasteiger partial charge >= 0.3 is 0 Å². The SMILES string of the molecule is Brc1ccc(Br)cc1.Brc1ccc([Si](c2ccccc2)(c2ccccc2)c2ccccc2)cc1. The molecule has 0 aliphatic rings. The van der Waals surface area contributed by atoms with E-state index in [4.69, 9.17) is 0 Å². The molecular weight excluding hydrogens is 628 g/mol. The van der Waals surface area contributed by atoms with E-state index in [1.807, 2.05) is 24.3 Å². The predicted octanol–water partition coefficient (Wildman–Crippen LogP) is 7.04. The number of rotatable bonds is 4. The smallest absolute Gasteiger partial charge is 0.0623 e. The molecule has 34 heavy (non-hydrogen) atoms. The van der Waals surface area contributed by atoms with Gasteiger partial charge in [-0.2, -0.15) is 0 Å². The van der Waals surface area contributed by atoms with Crippen LogP contribution in [-0.4, -0.2) is 8.07 Å². The van der Waals surface area contributed by atoms with Gasteiger partial charge in [0.15, 0.2) is 8.07 Å². The first kappa shape index (κ1) is 24.9. The molecule has 0 aliphatic carbocycles. The van der Waals surface area contributed by atoms with Crippen LogP contribution in [0.5, 0.6) is 0 Å². The summed E-state index contributed by atoms with van der Waals surface area (Å²) in [7, 11) is -2.34. The highest BCUT2D eigenvalue weighted by atomic mass is 79.9. The fourth-order valence-electron chi connectivity index (χ4n) is 4.19. The topological polar surface area (TPSA) is 0 Å². The van der Waals surface area contributed by atoms with Crippen molar-refractivity contribution in [2.24, 2.45) is 0 Å². The van der Waals surface area contributed by atoms with Crippen LogP contribution >= 0.6 is 47.8 Å². The van der Waals surface area contributed by atoms with Crippen LogP contribution in [0, 0.1) is 0 Å². The summed E-state index contributed by atoms with van der Waals surface area (Å²) in [4.78, 5) is 0. The van der Waals surface area contributed by atoms with Gasteiger partial charge in [0.05, 0.1) is 0 Å². The molecule has 5 aromatic rings. The van der Waals surface area contributed by atoms with E-state index < -0.39 is 8.07 Å². The Morgan fingerprint density at radius 1 is 0.294 bits per heavy atom. The largest absolute Gasteiger partial charge is 0.179 e. The van der Waals surface area contributed by atoms with Crippen LogP contribution in [0.3, 0.4) is 0 Å². The maximum Gasteiger partial charge on any atom is 0.179 e. The van der Waals surface area contributed by atoms with Gasteiger partial charge < -0.3 is 0 Å². The quantitative estimate of drug-likeness (QED) is 0.145. The first-order valence-electron chi connectivity index (χ1n) is 10.9. The monoisotopic (exact) mass is 648 g/mol. The predicted molar refractivity (Wildman–Crippen MR) is 160 cm³/mol. The highest BCUT2D eigenvalue weighted by Crippen LogP contribution is 2.14. The van der Waals surface area contributed by atoms with E-state index in [2.05, 4.69) is 163 Å². The fraction of sp³-hybridized carbons (Fsp3) is 0. The van der Waals surface area contributed by atoms with Crippen LogP contribution in [0.15, 0.2) is 153 Å². The van der Waals surface area contributed by atoms with Crippen molar-refractivity contribution in [3.63, 3.8) is 0 Å². The maximum atomic E-state index is 3.60. The third kappa shape index (κ3) is 5.69. The van der Waals surface area contributed by atoms with E-state index in [9.17, 15) is 0 Å². The van der Waals surface area contributed by atoms with Crippen molar-refractivity contribution >= 4 is 76.6 Å². The van der Waals surface area contributed by atoms with Crippen molar-refractivity contribution < 1.29 is 0 Å². The summed E-state index contributed by atoms with van der Waals surface area (Å²) < 4.78 is 3.33. The lowest BCUT2D eigenvalue weighted by Crippen LogP contribution is -2.74. The number of hydrogen-bond donors (Lipinski definition) is 0. The van der Waals surface area contributed by atoms with Crippen LogP contribution in [0.1, 0.15) is 0 Å². The summed E-state index contributed by atoms with van der Waals surface area (Å²) in [5.74, 6) is 0. The number of benzene rings is 5. The lowest BCUT2D eigenvalue weighted by Gasteiger charge is -2.34. The molecule has 0 bridgehead atoms. The third-order valence-electron chi connectivity index (χ3n) is 5.70. The van der Waals surface area contributed by atoms with Gasteiger partial charge in [0, 0.05) is 13.4 Å². The summed E-state index contributed by atoms with van der Waals surface area (Å²) in [5, 5.41) is 5.60. The van der Waals surface area contributed by atoms with Gasteiger partial charge in [-0.3, -0.25) is 0 Å². The molecule has 0 saturated heterocycles. The Labute approximate surface area is 228 Å². The van der Waals surface area contributed by atoms with Crippen LogP contribution in [0.4, 0.5) is 0 Å². The zero-order valence-corrected chi connectivity index (χ0v) is 24.2. The van der Waals surface area contributed by atoms with Crippen LogP contribution < -0.4 is 20.7 Å². The summed E-state index contributed by atoms with van der Waals surface area (Å²) in [6.45, 7) is 0. The van der Waals surface area contributed by atoms with Gasteiger partial charge in [0.1, 0.15) is 0 Å². The van der Waals surface area contributed by atoms with Crippen molar-refractivity contribution in [2.75, 3.05) is 0 Å². The first-order chi connectivity index (χ1) is 16.6. The summed E-state index contributed by atoms with van der Waals surface area (Å²) in [6.07, 6.45) is 0. The normalized spacial score (nSPS) is 10.8. The second kappa shape index (κ2) is 11.9. The summed E-state index contributed by atoms with van der Waals surface area (Å²) in [5.41, 5.74) is 0. The Morgan fingerprint density at radius 3 is 0.824 bits per heavy atom. The molecule has 168 valence electrons.